The van der Waals surface area contributed by atoms with Gasteiger partial charge in [0.05, 0.1) is 0 Å². The average Bonchev–Trinajstić information content (AvgIpc) is 1.99. The van der Waals surface area contributed by atoms with Gasteiger partial charge in [0.2, 0.25) is 16.2 Å². The van der Waals surface area contributed by atoms with Crippen LogP contribution in [0.5, 0.6) is 0 Å². The van der Waals surface area contributed by atoms with Gasteiger partial charge in [0.1, 0.15) is 5.02 Å². The molecule has 1 N–H and O–H groups in total. The average molecular weight is 247 g/mol. The van der Waals surface area contributed by atoms with E-state index in [9.17, 15) is 4.21 Å². The van der Waals surface area contributed by atoms with E-state index in [0.717, 1.165) is 0 Å². The van der Waals surface area contributed by atoms with Crippen LogP contribution in [0.4, 0.5) is 0 Å². The third-order valence-electron chi connectivity index (χ3n) is 0.906. The standard InChI is InChI=1S/C4HCl3N2O2S/c5-1-2(6)8-4(12(10)11)9-3(1)7/h(H,10,11). The fourth-order valence-corrected chi connectivity index (χ4v) is 1.37. The van der Waals surface area contributed by atoms with Gasteiger partial charge in [0, 0.05) is 0 Å². The van der Waals surface area contributed by atoms with Crippen LogP contribution in [0, 0.1) is 0 Å². The molecule has 1 aromatic heterocycles. The Balaban J connectivity index is 3.31. The summed E-state index contributed by atoms with van der Waals surface area (Å²) in [6.45, 7) is 0. The molecule has 1 atom stereocenters. The van der Waals surface area contributed by atoms with Crippen molar-refractivity contribution in [3.63, 3.8) is 0 Å². The number of rotatable bonds is 1. The fourth-order valence-electron chi connectivity index (χ4n) is 0.454. The number of halogens is 3. The summed E-state index contributed by atoms with van der Waals surface area (Å²) in [5.41, 5.74) is 0. The minimum Gasteiger partial charge on any atom is -0.300 e. The molecule has 0 spiro atoms. The largest absolute Gasteiger partial charge is 0.300 e. The molecule has 0 saturated heterocycles. The monoisotopic (exact) mass is 246 g/mol. The molecule has 0 aromatic carbocycles. The molecular formula is C4HCl3N2O2S. The zero-order chi connectivity index (χ0) is 9.30. The summed E-state index contributed by atoms with van der Waals surface area (Å²) in [6, 6.07) is 0. The minimum atomic E-state index is -2.31. The van der Waals surface area contributed by atoms with Crippen LogP contribution in [0.2, 0.25) is 15.3 Å². The molecule has 0 saturated carbocycles. The second-order valence-electron chi connectivity index (χ2n) is 1.65. The van der Waals surface area contributed by atoms with E-state index in [1.807, 2.05) is 0 Å². The van der Waals surface area contributed by atoms with Gasteiger partial charge < -0.3 is 0 Å². The lowest BCUT2D eigenvalue weighted by molar-refractivity contribution is 0.555. The lowest BCUT2D eigenvalue weighted by atomic mass is 10.7. The zero-order valence-electron chi connectivity index (χ0n) is 5.29. The Labute approximate surface area is 85.2 Å². The van der Waals surface area contributed by atoms with Gasteiger partial charge in [0.15, 0.2) is 10.3 Å². The molecule has 0 fully saturated rings. The van der Waals surface area contributed by atoms with Crippen LogP contribution in [0.25, 0.3) is 0 Å². The Morgan fingerprint density at radius 2 is 1.58 bits per heavy atom. The molecule has 12 heavy (non-hydrogen) atoms. The van der Waals surface area contributed by atoms with Crippen LogP contribution in [-0.2, 0) is 11.1 Å². The molecule has 1 aromatic rings. The second-order valence-corrected chi connectivity index (χ2v) is 3.61. The van der Waals surface area contributed by atoms with E-state index in [-0.39, 0.29) is 20.5 Å². The summed E-state index contributed by atoms with van der Waals surface area (Å²) in [5, 5.41) is -0.690. The topological polar surface area (TPSA) is 63.1 Å². The summed E-state index contributed by atoms with van der Waals surface area (Å²) in [6.07, 6.45) is 0. The normalized spacial score (nSPS) is 13.0. The Kier molecular flexibility index (Phi) is 3.25. The van der Waals surface area contributed by atoms with Crippen molar-refractivity contribution in [1.82, 2.24) is 9.97 Å². The van der Waals surface area contributed by atoms with Crippen molar-refractivity contribution in [1.29, 1.82) is 0 Å². The number of hydrogen-bond acceptors (Lipinski definition) is 3. The second kappa shape index (κ2) is 3.85. The van der Waals surface area contributed by atoms with E-state index < -0.39 is 11.1 Å². The van der Waals surface area contributed by atoms with E-state index in [0.29, 0.717) is 0 Å². The Morgan fingerprint density at radius 1 is 1.17 bits per heavy atom. The van der Waals surface area contributed by atoms with Gasteiger partial charge in [-0.3, -0.25) is 4.55 Å². The smallest absolute Gasteiger partial charge is 0.249 e. The van der Waals surface area contributed by atoms with Gasteiger partial charge in [0.25, 0.3) is 0 Å². The van der Waals surface area contributed by atoms with Crippen LogP contribution < -0.4 is 0 Å². The molecule has 1 heterocycles. The van der Waals surface area contributed by atoms with E-state index in [1.165, 1.54) is 0 Å². The predicted molar refractivity (Wildman–Crippen MR) is 46.1 cm³/mol. The zero-order valence-corrected chi connectivity index (χ0v) is 8.38. The van der Waals surface area contributed by atoms with Crippen molar-refractivity contribution in [2.75, 3.05) is 0 Å². The van der Waals surface area contributed by atoms with Gasteiger partial charge in [-0.05, 0) is 0 Å². The third kappa shape index (κ3) is 2.05. The Hall–Kier alpha value is 0.0600. The highest BCUT2D eigenvalue weighted by atomic mass is 35.5. The molecule has 0 aliphatic carbocycles. The molecule has 0 radical (unpaired) electrons. The predicted octanol–water partition coefficient (Wildman–Crippen LogP) is 2.02. The highest BCUT2D eigenvalue weighted by molar-refractivity contribution is 7.79. The first-order chi connectivity index (χ1) is 5.52. The molecule has 4 nitrogen and oxygen atoms in total. The molecule has 0 aliphatic heterocycles. The first kappa shape index (κ1) is 10.1. The van der Waals surface area contributed by atoms with Crippen LogP contribution in [-0.4, -0.2) is 18.7 Å². The van der Waals surface area contributed by atoms with Gasteiger partial charge >= 0.3 is 0 Å². The molecule has 0 amide bonds. The first-order valence-electron chi connectivity index (χ1n) is 2.51. The maximum atomic E-state index is 10.4. The molecule has 66 valence electrons. The SMILES string of the molecule is O=S(O)c1nc(Cl)c(Cl)c(Cl)n1. The van der Waals surface area contributed by atoms with Crippen molar-refractivity contribution in [2.45, 2.75) is 5.16 Å². The quantitative estimate of drug-likeness (QED) is 0.468. The first-order valence-corrected chi connectivity index (χ1v) is 4.76. The molecule has 1 unspecified atom stereocenters. The van der Waals surface area contributed by atoms with Crippen molar-refractivity contribution in [3.05, 3.63) is 15.3 Å². The van der Waals surface area contributed by atoms with Crippen LogP contribution in [0.15, 0.2) is 5.16 Å². The lowest BCUT2D eigenvalue weighted by Gasteiger charge is -1.98. The van der Waals surface area contributed by atoms with Gasteiger partial charge in [-0.15, -0.1) is 0 Å². The Bertz CT molecular complexity index is 322. The summed E-state index contributed by atoms with van der Waals surface area (Å²) < 4.78 is 19.0. The Morgan fingerprint density at radius 3 is 1.92 bits per heavy atom. The maximum Gasteiger partial charge on any atom is 0.249 e. The highest BCUT2D eigenvalue weighted by Gasteiger charge is 2.12. The summed E-state index contributed by atoms with van der Waals surface area (Å²) in [7, 11) is 0. The molecule has 0 aliphatic rings. The summed E-state index contributed by atoms with van der Waals surface area (Å²) >= 11 is 14.1. The fraction of sp³-hybridized carbons (Fsp3) is 0. The van der Waals surface area contributed by atoms with E-state index >= 15 is 0 Å². The van der Waals surface area contributed by atoms with Gasteiger partial charge in [-0.1, -0.05) is 34.8 Å². The van der Waals surface area contributed by atoms with Crippen LogP contribution in [0.3, 0.4) is 0 Å². The highest BCUT2D eigenvalue weighted by Crippen LogP contribution is 2.26. The maximum absolute atomic E-state index is 10.4. The van der Waals surface area contributed by atoms with Gasteiger partial charge in [-0.2, -0.15) is 0 Å². The number of aromatic nitrogens is 2. The summed E-state index contributed by atoms with van der Waals surface area (Å²) in [4.78, 5) is 6.84. The van der Waals surface area contributed by atoms with Gasteiger partial charge in [-0.25, -0.2) is 14.2 Å². The van der Waals surface area contributed by atoms with E-state index in [1.54, 1.807) is 0 Å². The van der Waals surface area contributed by atoms with Crippen LogP contribution in [0.1, 0.15) is 0 Å². The van der Waals surface area contributed by atoms with Crippen molar-refractivity contribution < 1.29 is 8.76 Å². The molecule has 8 heteroatoms. The number of hydrogen-bond donors (Lipinski definition) is 1. The third-order valence-corrected chi connectivity index (χ3v) is 2.50. The minimum absolute atomic E-state index is 0.0347. The van der Waals surface area contributed by atoms with Crippen LogP contribution >= 0.6 is 34.8 Å². The van der Waals surface area contributed by atoms with E-state index in [4.69, 9.17) is 39.4 Å². The van der Waals surface area contributed by atoms with Crippen molar-refractivity contribution >= 4 is 45.9 Å². The van der Waals surface area contributed by atoms with E-state index in [2.05, 4.69) is 9.97 Å². The molecule has 1 rings (SSSR count). The van der Waals surface area contributed by atoms with Crippen molar-refractivity contribution in [2.24, 2.45) is 0 Å². The lowest BCUT2D eigenvalue weighted by Crippen LogP contribution is -1.98. The molecule has 0 bridgehead atoms. The summed E-state index contributed by atoms with van der Waals surface area (Å²) in [5.74, 6) is 0. The molecular weight excluding hydrogens is 246 g/mol. The number of nitrogens with zero attached hydrogens (tertiary/aromatic N) is 2. The van der Waals surface area contributed by atoms with Crippen molar-refractivity contribution in [3.8, 4) is 0 Å².